The molecule has 0 radical (unpaired) electrons. The summed E-state index contributed by atoms with van der Waals surface area (Å²) in [4.78, 5) is 90.7. The normalized spacial score (nSPS) is 16.4. The molecule has 0 aromatic carbocycles. The minimum absolute atomic E-state index is 0.110. The van der Waals surface area contributed by atoms with Gasteiger partial charge in [0, 0.05) is 52.5 Å². The van der Waals surface area contributed by atoms with E-state index in [0.717, 1.165) is 75.2 Å². The number of nitrogens with zero attached hydrogens (tertiary/aromatic N) is 3. The number of thioether (sulfide) groups is 1. The van der Waals surface area contributed by atoms with Crippen molar-refractivity contribution in [2.75, 3.05) is 85.0 Å². The predicted octanol–water partition coefficient (Wildman–Crippen LogP) is 2.90. The Kier molecular flexibility index (Phi) is 28.6. The number of hydrogen-bond acceptors (Lipinski definition) is 11. The number of nitrogens with one attached hydrogen (secondary N) is 3. The number of carbonyl (C=O) groups excluding carboxylic acids is 7. The molecule has 2 aliphatic heterocycles. The van der Waals surface area contributed by atoms with E-state index in [1.807, 2.05) is 7.05 Å². The van der Waals surface area contributed by atoms with Crippen LogP contribution in [0.25, 0.3) is 0 Å². The zero-order valence-electron chi connectivity index (χ0n) is 36.1. The van der Waals surface area contributed by atoms with Gasteiger partial charge in [0.1, 0.15) is 12.6 Å². The van der Waals surface area contributed by atoms with E-state index in [2.05, 4.69) is 27.8 Å². The van der Waals surface area contributed by atoms with Gasteiger partial charge in [0.15, 0.2) is 0 Å². The Labute approximate surface area is 356 Å². The standard InChI is InChI=1S/C42H75N7O9S/c1-3-4-5-6-7-8-9-10-13-19-37(51)46-34(41(43)55)18-14-15-21-44-36(50)20-26-57-28-29-58-27-22-45-38(52)32-49-39(53)31-35(42(49)56)59-30-17-12-11-16-23-48-25-24-47(2)40(54)33-48/h34-35H,3-33H2,1-2H3,(H2,43,55)(H,44,50)(H,45,52)(H,46,51). The Bertz CT molecular complexity index is 1280. The number of carbonyl (C=O) groups is 7. The van der Waals surface area contributed by atoms with Crippen molar-refractivity contribution in [1.29, 1.82) is 0 Å². The second-order valence-corrected chi connectivity index (χ2v) is 17.0. The maximum atomic E-state index is 12.8. The van der Waals surface area contributed by atoms with E-state index in [9.17, 15) is 33.6 Å². The van der Waals surface area contributed by atoms with Crippen molar-refractivity contribution in [3.05, 3.63) is 0 Å². The highest BCUT2D eigenvalue weighted by atomic mass is 32.2. The third-order valence-corrected chi connectivity index (χ3v) is 11.9. The van der Waals surface area contributed by atoms with Gasteiger partial charge < -0.3 is 36.1 Å². The van der Waals surface area contributed by atoms with Crippen LogP contribution >= 0.6 is 11.8 Å². The van der Waals surface area contributed by atoms with Crippen molar-refractivity contribution in [1.82, 2.24) is 30.7 Å². The molecule has 2 saturated heterocycles. The van der Waals surface area contributed by atoms with Gasteiger partial charge in [-0.15, -0.1) is 11.8 Å². The number of unbranched alkanes of at least 4 members (excludes halogenated alkanes) is 12. The van der Waals surface area contributed by atoms with E-state index in [4.69, 9.17) is 15.2 Å². The van der Waals surface area contributed by atoms with Crippen molar-refractivity contribution >= 4 is 53.1 Å². The molecule has 17 heteroatoms. The third kappa shape index (κ3) is 24.5. The molecule has 0 bridgehead atoms. The smallest absolute Gasteiger partial charge is 0.243 e. The first-order valence-corrected chi connectivity index (χ1v) is 23.3. The van der Waals surface area contributed by atoms with Gasteiger partial charge in [-0.2, -0.15) is 0 Å². The van der Waals surface area contributed by atoms with Gasteiger partial charge >= 0.3 is 0 Å². The summed E-state index contributed by atoms with van der Waals surface area (Å²) in [6, 6.07) is -0.710. The topological polar surface area (TPSA) is 210 Å². The molecule has 2 aliphatic rings. The maximum Gasteiger partial charge on any atom is 0.243 e. The molecule has 2 unspecified atom stereocenters. The zero-order valence-corrected chi connectivity index (χ0v) is 36.9. The minimum Gasteiger partial charge on any atom is -0.379 e. The van der Waals surface area contributed by atoms with Crippen molar-refractivity contribution in [3.8, 4) is 0 Å². The van der Waals surface area contributed by atoms with Gasteiger partial charge in [-0.25, -0.2) is 0 Å². The van der Waals surface area contributed by atoms with Crippen molar-refractivity contribution < 1.29 is 43.0 Å². The number of likely N-dealkylation sites (N-methyl/N-ethyl adjacent to an activating group) is 1. The molecule has 0 aromatic rings. The Hall–Kier alpha value is -3.28. The van der Waals surface area contributed by atoms with Crippen LogP contribution in [0.1, 0.15) is 129 Å². The first kappa shape index (κ1) is 51.9. The lowest BCUT2D eigenvalue weighted by molar-refractivity contribution is -0.142. The molecule has 2 atom stereocenters. The second kappa shape index (κ2) is 32.5. The highest BCUT2D eigenvalue weighted by Crippen LogP contribution is 2.26. The van der Waals surface area contributed by atoms with Crippen molar-refractivity contribution in [3.63, 3.8) is 0 Å². The van der Waals surface area contributed by atoms with Gasteiger partial charge in [0.2, 0.25) is 41.4 Å². The molecule has 2 rings (SSSR count). The molecule has 338 valence electrons. The van der Waals surface area contributed by atoms with Crippen LogP contribution < -0.4 is 21.7 Å². The minimum atomic E-state index is -0.710. The number of rotatable bonds is 36. The summed E-state index contributed by atoms with van der Waals surface area (Å²) < 4.78 is 10.9. The van der Waals surface area contributed by atoms with E-state index in [0.29, 0.717) is 38.8 Å². The summed E-state index contributed by atoms with van der Waals surface area (Å²) in [5, 5.41) is 7.81. The van der Waals surface area contributed by atoms with Gasteiger partial charge in [-0.1, -0.05) is 71.1 Å². The molecule has 0 aliphatic carbocycles. The first-order valence-electron chi connectivity index (χ1n) is 22.2. The number of hydrogen-bond donors (Lipinski definition) is 4. The van der Waals surface area contributed by atoms with Crippen LogP contribution in [0.4, 0.5) is 0 Å². The number of primary amides is 1. The van der Waals surface area contributed by atoms with Crippen LogP contribution in [0, 0.1) is 0 Å². The SMILES string of the molecule is CCCCCCCCCCCC(=O)NC(CCCCNC(=O)CCOCCOCCNC(=O)CN1C(=O)CC(SCCCCCCN2CCN(C)C(=O)C2)C1=O)C(N)=O. The molecule has 0 aromatic heterocycles. The van der Waals surface area contributed by atoms with Crippen LogP contribution in [-0.2, 0) is 43.0 Å². The van der Waals surface area contributed by atoms with Gasteiger partial charge in [0.25, 0.3) is 0 Å². The van der Waals surface area contributed by atoms with E-state index in [-0.39, 0.29) is 81.9 Å². The Morgan fingerprint density at radius 3 is 2.10 bits per heavy atom. The molecule has 0 spiro atoms. The molecule has 2 heterocycles. The zero-order chi connectivity index (χ0) is 43.1. The fourth-order valence-corrected chi connectivity index (χ4v) is 8.04. The highest BCUT2D eigenvalue weighted by Gasteiger charge is 2.39. The molecule has 5 N–H and O–H groups in total. The predicted molar refractivity (Wildman–Crippen MR) is 229 cm³/mol. The molecular weight excluding hydrogens is 779 g/mol. The molecule has 59 heavy (non-hydrogen) atoms. The molecule has 7 amide bonds. The Morgan fingerprint density at radius 1 is 0.729 bits per heavy atom. The summed E-state index contributed by atoms with van der Waals surface area (Å²) >= 11 is 1.48. The van der Waals surface area contributed by atoms with Crippen LogP contribution in [0.3, 0.4) is 0 Å². The number of nitrogens with two attached hydrogens (primary N) is 1. The van der Waals surface area contributed by atoms with Gasteiger partial charge in [-0.05, 0) is 50.8 Å². The van der Waals surface area contributed by atoms with E-state index < -0.39 is 23.1 Å². The molecule has 0 saturated carbocycles. The Balaban J connectivity index is 1.39. The van der Waals surface area contributed by atoms with Crippen LogP contribution in [0.5, 0.6) is 0 Å². The van der Waals surface area contributed by atoms with E-state index in [1.54, 1.807) is 4.90 Å². The molecular formula is C42H75N7O9S. The lowest BCUT2D eigenvalue weighted by Crippen LogP contribution is -2.48. The number of likely N-dealkylation sites (tertiary alicyclic amines) is 1. The maximum absolute atomic E-state index is 12.8. The fraction of sp³-hybridized carbons (Fsp3) is 0.833. The van der Waals surface area contributed by atoms with Crippen LogP contribution in [0.15, 0.2) is 0 Å². The Morgan fingerprint density at radius 2 is 1.39 bits per heavy atom. The average molecular weight is 854 g/mol. The van der Waals surface area contributed by atoms with Crippen molar-refractivity contribution in [2.24, 2.45) is 5.73 Å². The monoisotopic (exact) mass is 854 g/mol. The number of ether oxygens (including phenoxy) is 2. The average Bonchev–Trinajstić information content (AvgIpc) is 3.47. The molecule has 2 fully saturated rings. The third-order valence-electron chi connectivity index (χ3n) is 10.6. The lowest BCUT2D eigenvalue weighted by atomic mass is 10.1. The number of amides is 7. The summed E-state index contributed by atoms with van der Waals surface area (Å²) in [5.74, 6) is -0.986. The first-order chi connectivity index (χ1) is 28.5. The summed E-state index contributed by atoms with van der Waals surface area (Å²) in [7, 11) is 1.84. The number of imide groups is 1. The van der Waals surface area contributed by atoms with Gasteiger partial charge in [0.05, 0.1) is 38.2 Å². The lowest BCUT2D eigenvalue weighted by Gasteiger charge is -2.31. The summed E-state index contributed by atoms with van der Waals surface area (Å²) in [5.41, 5.74) is 5.50. The largest absolute Gasteiger partial charge is 0.379 e. The summed E-state index contributed by atoms with van der Waals surface area (Å²) in [6.07, 6.45) is 16.9. The molecule has 16 nitrogen and oxygen atoms in total. The fourth-order valence-electron chi connectivity index (χ4n) is 6.85. The quantitative estimate of drug-likeness (QED) is 0.0532. The van der Waals surface area contributed by atoms with E-state index in [1.165, 1.54) is 50.3 Å². The number of piperazine rings is 1. The summed E-state index contributed by atoms with van der Waals surface area (Å²) in [6.45, 7) is 6.65. The second-order valence-electron chi connectivity index (χ2n) is 15.7. The highest BCUT2D eigenvalue weighted by molar-refractivity contribution is 8.00. The van der Waals surface area contributed by atoms with Crippen LogP contribution in [-0.4, -0.2) is 152 Å². The van der Waals surface area contributed by atoms with E-state index >= 15 is 0 Å². The van der Waals surface area contributed by atoms with Crippen LogP contribution in [0.2, 0.25) is 0 Å². The van der Waals surface area contributed by atoms with Gasteiger partial charge in [-0.3, -0.25) is 43.4 Å². The van der Waals surface area contributed by atoms with Crippen molar-refractivity contribution in [2.45, 2.75) is 140 Å².